The molecule has 0 amide bonds. The van der Waals surface area contributed by atoms with Gasteiger partial charge in [-0.1, -0.05) is 0 Å². The van der Waals surface area contributed by atoms with Crippen LogP contribution in [0.25, 0.3) is 11.3 Å². The lowest BCUT2D eigenvalue weighted by atomic mass is 10.1. The summed E-state index contributed by atoms with van der Waals surface area (Å²) in [5, 5.41) is 8.16. The van der Waals surface area contributed by atoms with Gasteiger partial charge >= 0.3 is 0 Å². The molecule has 2 heterocycles. The number of hydrogen-bond donors (Lipinski definition) is 1. The maximum absolute atomic E-state index is 5.67. The number of rotatable bonds is 4. The molecule has 1 aromatic carbocycles. The molecule has 110 valence electrons. The number of benzene rings is 1. The van der Waals surface area contributed by atoms with Gasteiger partial charge in [0.2, 0.25) is 0 Å². The van der Waals surface area contributed by atoms with E-state index in [4.69, 9.17) is 9.47 Å². The van der Waals surface area contributed by atoms with E-state index in [1.54, 1.807) is 0 Å². The summed E-state index contributed by atoms with van der Waals surface area (Å²) in [6.07, 6.45) is 4.67. The van der Waals surface area contributed by atoms with Gasteiger partial charge in [0, 0.05) is 37.0 Å². The number of nitrogens with zero attached hydrogens (tertiary/aromatic N) is 2. The summed E-state index contributed by atoms with van der Waals surface area (Å²) < 4.78 is 13.1. The highest BCUT2D eigenvalue weighted by atomic mass is 16.6. The Kier molecular flexibility index (Phi) is 3.07. The van der Waals surface area contributed by atoms with Gasteiger partial charge < -0.3 is 14.8 Å². The van der Waals surface area contributed by atoms with Crippen LogP contribution in [0.15, 0.2) is 24.4 Å². The Labute approximate surface area is 123 Å². The van der Waals surface area contributed by atoms with Gasteiger partial charge in [-0.05, 0) is 31.0 Å². The van der Waals surface area contributed by atoms with E-state index in [0.717, 1.165) is 29.3 Å². The van der Waals surface area contributed by atoms with E-state index in [1.807, 2.05) is 23.9 Å². The van der Waals surface area contributed by atoms with Gasteiger partial charge in [-0.3, -0.25) is 4.68 Å². The zero-order chi connectivity index (χ0) is 14.2. The van der Waals surface area contributed by atoms with Crippen LogP contribution in [-0.2, 0) is 13.6 Å². The molecule has 0 saturated heterocycles. The van der Waals surface area contributed by atoms with Crippen molar-refractivity contribution in [2.24, 2.45) is 7.05 Å². The minimum absolute atomic E-state index is 0.606. The van der Waals surface area contributed by atoms with E-state index >= 15 is 0 Å². The second kappa shape index (κ2) is 5.07. The van der Waals surface area contributed by atoms with Crippen LogP contribution in [0.4, 0.5) is 0 Å². The van der Waals surface area contributed by atoms with E-state index in [9.17, 15) is 0 Å². The van der Waals surface area contributed by atoms with Crippen LogP contribution in [0.2, 0.25) is 0 Å². The van der Waals surface area contributed by atoms with Crippen molar-refractivity contribution in [3.05, 3.63) is 30.0 Å². The lowest BCUT2D eigenvalue weighted by molar-refractivity contribution is 0.171. The van der Waals surface area contributed by atoms with Crippen LogP contribution in [0.5, 0.6) is 11.5 Å². The third-order valence-corrected chi connectivity index (χ3v) is 3.88. The molecule has 0 spiro atoms. The zero-order valence-electron chi connectivity index (χ0n) is 12.1. The SMILES string of the molecule is Cn1cc(CNC2CC2)c(-c2ccc3c(c2)OCCO3)n1. The predicted octanol–water partition coefficient (Wildman–Crippen LogP) is 2.11. The zero-order valence-corrected chi connectivity index (χ0v) is 12.1. The molecule has 1 N–H and O–H groups in total. The number of fused-ring (bicyclic) bond motifs is 1. The number of hydrogen-bond acceptors (Lipinski definition) is 4. The van der Waals surface area contributed by atoms with Crippen LogP contribution in [0.1, 0.15) is 18.4 Å². The molecule has 0 bridgehead atoms. The fourth-order valence-electron chi connectivity index (χ4n) is 2.64. The van der Waals surface area contributed by atoms with Gasteiger partial charge in [-0.2, -0.15) is 5.10 Å². The van der Waals surface area contributed by atoms with Gasteiger partial charge in [0.15, 0.2) is 11.5 Å². The Morgan fingerprint density at radius 3 is 2.86 bits per heavy atom. The van der Waals surface area contributed by atoms with Crippen molar-refractivity contribution in [3.8, 4) is 22.8 Å². The van der Waals surface area contributed by atoms with Crippen LogP contribution in [-0.4, -0.2) is 29.0 Å². The van der Waals surface area contributed by atoms with Crippen LogP contribution >= 0.6 is 0 Å². The molecule has 5 heteroatoms. The first-order valence-corrected chi connectivity index (χ1v) is 7.45. The van der Waals surface area contributed by atoms with Crippen LogP contribution < -0.4 is 14.8 Å². The van der Waals surface area contributed by atoms with Crippen molar-refractivity contribution < 1.29 is 9.47 Å². The third-order valence-electron chi connectivity index (χ3n) is 3.88. The van der Waals surface area contributed by atoms with Gasteiger partial charge in [-0.15, -0.1) is 0 Å². The molecule has 2 aromatic rings. The van der Waals surface area contributed by atoms with E-state index in [-0.39, 0.29) is 0 Å². The average Bonchev–Trinajstić information content (AvgIpc) is 3.26. The lowest BCUT2D eigenvalue weighted by Crippen LogP contribution is -2.16. The molecule has 1 aromatic heterocycles. The number of ether oxygens (including phenoxy) is 2. The maximum atomic E-state index is 5.67. The topological polar surface area (TPSA) is 48.3 Å². The number of aromatic nitrogens is 2. The molecule has 0 unspecified atom stereocenters. The second-order valence-electron chi connectivity index (χ2n) is 5.69. The highest BCUT2D eigenvalue weighted by molar-refractivity contribution is 5.66. The standard InChI is InChI=1S/C16H19N3O2/c1-19-10-12(9-17-13-3-4-13)16(18-19)11-2-5-14-15(8-11)21-7-6-20-14/h2,5,8,10,13,17H,3-4,6-7,9H2,1H3. The van der Waals surface area contributed by atoms with Crippen molar-refractivity contribution in [1.29, 1.82) is 0 Å². The average molecular weight is 285 g/mol. The number of aryl methyl sites for hydroxylation is 1. The Bertz CT molecular complexity index is 662. The normalized spacial score (nSPS) is 17.0. The largest absolute Gasteiger partial charge is 0.486 e. The molecule has 2 aliphatic rings. The van der Waals surface area contributed by atoms with Gasteiger partial charge in [0.1, 0.15) is 13.2 Å². The number of nitrogens with one attached hydrogen (secondary N) is 1. The highest BCUT2D eigenvalue weighted by Crippen LogP contribution is 2.35. The Balaban J connectivity index is 1.65. The Morgan fingerprint density at radius 2 is 2.05 bits per heavy atom. The molecule has 4 rings (SSSR count). The Hall–Kier alpha value is -2.01. The molecule has 0 radical (unpaired) electrons. The maximum Gasteiger partial charge on any atom is 0.162 e. The summed E-state index contributed by atoms with van der Waals surface area (Å²) in [5.41, 5.74) is 3.32. The molecule has 0 atom stereocenters. The monoisotopic (exact) mass is 285 g/mol. The molecule has 1 aliphatic heterocycles. The second-order valence-corrected chi connectivity index (χ2v) is 5.69. The quantitative estimate of drug-likeness (QED) is 0.934. The van der Waals surface area contributed by atoms with Crippen molar-refractivity contribution in [2.75, 3.05) is 13.2 Å². The summed E-state index contributed by atoms with van der Waals surface area (Å²) in [5.74, 6) is 1.63. The van der Waals surface area contributed by atoms with Crippen molar-refractivity contribution >= 4 is 0 Å². The van der Waals surface area contributed by atoms with Gasteiger partial charge in [0.25, 0.3) is 0 Å². The molecular weight excluding hydrogens is 266 g/mol. The Morgan fingerprint density at radius 1 is 1.24 bits per heavy atom. The fraction of sp³-hybridized carbons (Fsp3) is 0.438. The summed E-state index contributed by atoms with van der Waals surface area (Å²) in [4.78, 5) is 0. The van der Waals surface area contributed by atoms with E-state index in [2.05, 4.69) is 22.7 Å². The van der Waals surface area contributed by atoms with Crippen molar-refractivity contribution in [1.82, 2.24) is 15.1 Å². The smallest absolute Gasteiger partial charge is 0.162 e. The third kappa shape index (κ3) is 2.61. The van der Waals surface area contributed by atoms with Gasteiger partial charge in [0.05, 0.1) is 5.69 Å². The summed E-state index contributed by atoms with van der Waals surface area (Å²) in [7, 11) is 1.96. The van der Waals surface area contributed by atoms with Crippen LogP contribution in [0.3, 0.4) is 0 Å². The molecule has 1 aliphatic carbocycles. The highest BCUT2D eigenvalue weighted by Gasteiger charge is 2.22. The summed E-state index contributed by atoms with van der Waals surface area (Å²) in [6, 6.07) is 6.74. The predicted molar refractivity (Wildman–Crippen MR) is 79.5 cm³/mol. The molecule has 5 nitrogen and oxygen atoms in total. The lowest BCUT2D eigenvalue weighted by Gasteiger charge is -2.18. The summed E-state index contributed by atoms with van der Waals surface area (Å²) in [6.45, 7) is 2.09. The van der Waals surface area contributed by atoms with Gasteiger partial charge in [-0.25, -0.2) is 0 Å². The first-order chi connectivity index (χ1) is 10.3. The molecular formula is C16H19N3O2. The van der Waals surface area contributed by atoms with Crippen molar-refractivity contribution in [3.63, 3.8) is 0 Å². The minimum atomic E-state index is 0.606. The first kappa shape index (κ1) is 12.7. The molecule has 1 saturated carbocycles. The minimum Gasteiger partial charge on any atom is -0.486 e. The van der Waals surface area contributed by atoms with Crippen LogP contribution in [0, 0.1) is 0 Å². The molecule has 1 fully saturated rings. The van der Waals surface area contributed by atoms with Crippen molar-refractivity contribution in [2.45, 2.75) is 25.4 Å². The van der Waals surface area contributed by atoms with E-state index < -0.39 is 0 Å². The van der Waals surface area contributed by atoms with E-state index in [1.165, 1.54) is 18.4 Å². The fourth-order valence-corrected chi connectivity index (χ4v) is 2.64. The molecule has 21 heavy (non-hydrogen) atoms. The summed E-state index contributed by atoms with van der Waals surface area (Å²) >= 11 is 0. The van der Waals surface area contributed by atoms with E-state index in [0.29, 0.717) is 19.3 Å². The first-order valence-electron chi connectivity index (χ1n) is 7.45.